The molecule has 1 atom stereocenters. The van der Waals surface area contributed by atoms with Crippen molar-refractivity contribution in [1.82, 2.24) is 25.1 Å². The normalized spacial score (nSPS) is 16.4. The molecule has 10 nitrogen and oxygen atoms in total. The van der Waals surface area contributed by atoms with Crippen LogP contribution < -0.4 is 14.8 Å². The molecule has 1 unspecified atom stereocenters. The van der Waals surface area contributed by atoms with Gasteiger partial charge in [0.1, 0.15) is 11.7 Å². The van der Waals surface area contributed by atoms with E-state index in [2.05, 4.69) is 20.2 Å². The van der Waals surface area contributed by atoms with Crippen LogP contribution in [0.1, 0.15) is 16.1 Å². The summed E-state index contributed by atoms with van der Waals surface area (Å²) in [7, 11) is 0. The molecule has 176 valence electrons. The number of para-hydroxylation sites is 2. The molecule has 2 aromatic carbocycles. The van der Waals surface area contributed by atoms with Gasteiger partial charge in [-0.25, -0.2) is 4.98 Å². The average molecular weight is 463 g/mol. The van der Waals surface area contributed by atoms with Crippen LogP contribution in [0, 0.1) is 0 Å². The molecule has 0 spiro atoms. The number of hydrogen-bond donors (Lipinski definition) is 2. The Morgan fingerprint density at radius 2 is 1.79 bits per heavy atom. The highest BCUT2D eigenvalue weighted by Gasteiger charge is 2.29. The molecule has 10 heteroatoms. The number of aromatic nitrogens is 2. The standard InChI is InChI=1S/C24H25N5O5/c30-14-20(27-23(31)19-12-25-17-3-1-2-4-18(17)26-19)24(32)29-9-7-28(8-10-29)13-16-5-6-21-22(11-16)34-15-33-21/h1-6,11-12,20,30H,7-10,13-15H2,(H,27,31). The van der Waals surface area contributed by atoms with Gasteiger partial charge >= 0.3 is 0 Å². The van der Waals surface area contributed by atoms with Crippen LogP contribution >= 0.6 is 0 Å². The fourth-order valence-corrected chi connectivity index (χ4v) is 4.13. The monoisotopic (exact) mass is 463 g/mol. The molecule has 2 aliphatic rings. The Balaban J connectivity index is 1.16. The Labute approximate surface area is 196 Å². The van der Waals surface area contributed by atoms with Gasteiger partial charge in [-0.15, -0.1) is 0 Å². The number of benzene rings is 2. The summed E-state index contributed by atoms with van der Waals surface area (Å²) < 4.78 is 10.8. The summed E-state index contributed by atoms with van der Waals surface area (Å²) in [5, 5.41) is 12.4. The van der Waals surface area contributed by atoms with Crippen LogP contribution in [0.25, 0.3) is 11.0 Å². The summed E-state index contributed by atoms with van der Waals surface area (Å²) in [5.41, 5.74) is 2.47. The summed E-state index contributed by atoms with van der Waals surface area (Å²) in [6.07, 6.45) is 1.37. The molecular formula is C24H25N5O5. The lowest BCUT2D eigenvalue weighted by Crippen LogP contribution is -2.55. The van der Waals surface area contributed by atoms with E-state index in [1.165, 1.54) is 6.20 Å². The molecule has 3 heterocycles. The Kier molecular flexibility index (Phi) is 6.24. The molecule has 0 radical (unpaired) electrons. The Morgan fingerprint density at radius 3 is 2.59 bits per heavy atom. The first-order chi connectivity index (χ1) is 16.6. The summed E-state index contributed by atoms with van der Waals surface area (Å²) >= 11 is 0. The van der Waals surface area contributed by atoms with Crippen molar-refractivity contribution in [2.24, 2.45) is 0 Å². The zero-order valence-electron chi connectivity index (χ0n) is 18.5. The van der Waals surface area contributed by atoms with Crippen LogP contribution in [-0.2, 0) is 11.3 Å². The number of nitrogens with one attached hydrogen (secondary N) is 1. The minimum Gasteiger partial charge on any atom is -0.454 e. The number of carbonyl (C=O) groups excluding carboxylic acids is 2. The highest BCUT2D eigenvalue weighted by molar-refractivity contribution is 5.97. The predicted octanol–water partition coefficient (Wildman–Crippen LogP) is 0.794. The van der Waals surface area contributed by atoms with E-state index in [9.17, 15) is 14.7 Å². The Hall–Kier alpha value is -3.76. The maximum Gasteiger partial charge on any atom is 0.272 e. The van der Waals surface area contributed by atoms with Gasteiger partial charge in [-0.2, -0.15) is 0 Å². The van der Waals surface area contributed by atoms with Crippen molar-refractivity contribution in [3.63, 3.8) is 0 Å². The second-order valence-electron chi connectivity index (χ2n) is 8.24. The van der Waals surface area contributed by atoms with Crippen LogP contribution in [0.5, 0.6) is 11.5 Å². The van der Waals surface area contributed by atoms with Crippen molar-refractivity contribution in [3.8, 4) is 11.5 Å². The molecule has 3 aromatic rings. The summed E-state index contributed by atoms with van der Waals surface area (Å²) in [6, 6.07) is 12.1. The van der Waals surface area contributed by atoms with Gasteiger partial charge in [-0.05, 0) is 29.8 Å². The number of fused-ring (bicyclic) bond motifs is 2. The molecule has 0 saturated carbocycles. The zero-order chi connectivity index (χ0) is 23.5. The van der Waals surface area contributed by atoms with Gasteiger partial charge in [0.2, 0.25) is 12.7 Å². The van der Waals surface area contributed by atoms with Gasteiger partial charge in [-0.1, -0.05) is 18.2 Å². The highest BCUT2D eigenvalue weighted by Crippen LogP contribution is 2.32. The first-order valence-corrected chi connectivity index (χ1v) is 11.1. The molecule has 2 aliphatic heterocycles. The first kappa shape index (κ1) is 22.1. The molecule has 5 rings (SSSR count). The van der Waals surface area contributed by atoms with Gasteiger partial charge in [-0.3, -0.25) is 19.5 Å². The number of rotatable bonds is 6. The maximum atomic E-state index is 13.0. The Morgan fingerprint density at radius 1 is 1.03 bits per heavy atom. The summed E-state index contributed by atoms with van der Waals surface area (Å²) in [4.78, 5) is 38.1. The van der Waals surface area contributed by atoms with E-state index in [-0.39, 0.29) is 18.4 Å². The van der Waals surface area contributed by atoms with Crippen molar-refractivity contribution in [1.29, 1.82) is 0 Å². The van der Waals surface area contributed by atoms with E-state index in [0.717, 1.165) is 23.6 Å². The smallest absolute Gasteiger partial charge is 0.272 e. The van der Waals surface area contributed by atoms with Gasteiger partial charge in [0.25, 0.3) is 5.91 Å². The van der Waals surface area contributed by atoms with Crippen molar-refractivity contribution >= 4 is 22.8 Å². The van der Waals surface area contributed by atoms with Crippen LogP contribution in [0.2, 0.25) is 0 Å². The van der Waals surface area contributed by atoms with Crippen molar-refractivity contribution in [2.75, 3.05) is 39.6 Å². The third kappa shape index (κ3) is 4.63. The van der Waals surface area contributed by atoms with Gasteiger partial charge < -0.3 is 24.8 Å². The lowest BCUT2D eigenvalue weighted by atomic mass is 10.1. The van der Waals surface area contributed by atoms with E-state index in [1.807, 2.05) is 30.3 Å². The topological polar surface area (TPSA) is 117 Å². The number of aliphatic hydroxyl groups excluding tert-OH is 1. The van der Waals surface area contributed by atoms with Gasteiger partial charge in [0.15, 0.2) is 11.5 Å². The fourth-order valence-electron chi connectivity index (χ4n) is 4.13. The quantitative estimate of drug-likeness (QED) is 0.551. The predicted molar refractivity (Wildman–Crippen MR) is 122 cm³/mol. The van der Waals surface area contributed by atoms with Crippen LogP contribution in [-0.4, -0.2) is 82.3 Å². The third-order valence-electron chi connectivity index (χ3n) is 5.99. The molecule has 2 amide bonds. The molecule has 1 aromatic heterocycles. The largest absolute Gasteiger partial charge is 0.454 e. The molecule has 2 N–H and O–H groups in total. The zero-order valence-corrected chi connectivity index (χ0v) is 18.5. The number of ether oxygens (including phenoxy) is 2. The molecule has 1 saturated heterocycles. The summed E-state index contributed by atoms with van der Waals surface area (Å²) in [6.45, 7) is 2.86. The number of nitrogens with zero attached hydrogens (tertiary/aromatic N) is 4. The van der Waals surface area contributed by atoms with E-state index in [0.29, 0.717) is 37.2 Å². The first-order valence-electron chi connectivity index (χ1n) is 11.1. The number of carbonyl (C=O) groups is 2. The number of aliphatic hydroxyl groups is 1. The number of amides is 2. The van der Waals surface area contributed by atoms with Crippen molar-refractivity contribution in [2.45, 2.75) is 12.6 Å². The minimum absolute atomic E-state index is 0.0958. The van der Waals surface area contributed by atoms with Crippen LogP contribution in [0.15, 0.2) is 48.7 Å². The minimum atomic E-state index is -1.04. The molecule has 0 aliphatic carbocycles. The van der Waals surface area contributed by atoms with E-state index < -0.39 is 18.6 Å². The highest BCUT2D eigenvalue weighted by atomic mass is 16.7. The van der Waals surface area contributed by atoms with Crippen LogP contribution in [0.3, 0.4) is 0 Å². The molecule has 0 bridgehead atoms. The fraction of sp³-hybridized carbons (Fsp3) is 0.333. The van der Waals surface area contributed by atoms with E-state index in [1.54, 1.807) is 17.0 Å². The molecular weight excluding hydrogens is 438 g/mol. The lowest BCUT2D eigenvalue weighted by Gasteiger charge is -2.36. The number of piperazine rings is 1. The second-order valence-corrected chi connectivity index (χ2v) is 8.24. The second kappa shape index (κ2) is 9.62. The molecule has 34 heavy (non-hydrogen) atoms. The summed E-state index contributed by atoms with van der Waals surface area (Å²) in [5.74, 6) is 0.648. The number of hydrogen-bond acceptors (Lipinski definition) is 8. The van der Waals surface area contributed by atoms with E-state index in [4.69, 9.17) is 9.47 Å². The maximum absolute atomic E-state index is 13.0. The molecule has 1 fully saturated rings. The van der Waals surface area contributed by atoms with E-state index >= 15 is 0 Å². The van der Waals surface area contributed by atoms with Crippen molar-refractivity contribution in [3.05, 3.63) is 59.9 Å². The van der Waals surface area contributed by atoms with Gasteiger partial charge in [0, 0.05) is 32.7 Å². The third-order valence-corrected chi connectivity index (χ3v) is 5.99. The SMILES string of the molecule is O=C(NC(CO)C(=O)N1CCN(Cc2ccc3c(c2)OCO3)CC1)c1cnc2ccccc2n1. The van der Waals surface area contributed by atoms with Crippen LogP contribution in [0.4, 0.5) is 0 Å². The van der Waals surface area contributed by atoms with Gasteiger partial charge in [0.05, 0.1) is 23.8 Å². The van der Waals surface area contributed by atoms with Crippen molar-refractivity contribution < 1.29 is 24.2 Å². The lowest BCUT2D eigenvalue weighted by molar-refractivity contribution is -0.136. The average Bonchev–Trinajstić information content (AvgIpc) is 3.35. The Bertz CT molecular complexity index is 1210.